The second-order valence-corrected chi connectivity index (χ2v) is 4.51. The first kappa shape index (κ1) is 21.6. The lowest BCUT2D eigenvalue weighted by Gasteiger charge is -2.12. The Morgan fingerprint density at radius 1 is 0.958 bits per heavy atom. The summed E-state index contributed by atoms with van der Waals surface area (Å²) >= 11 is 0. The van der Waals surface area contributed by atoms with Gasteiger partial charge in [-0.3, -0.25) is 9.36 Å². The molecule has 0 aliphatic carbocycles. The third kappa shape index (κ3) is 5.05. The highest BCUT2D eigenvalue weighted by atomic mass is 16.3. The van der Waals surface area contributed by atoms with E-state index in [0.29, 0.717) is 23.4 Å². The largest absolute Gasteiger partial charge is 0.494 e. The van der Waals surface area contributed by atoms with E-state index >= 15 is 0 Å². The lowest BCUT2D eigenvalue weighted by atomic mass is 10.1. The van der Waals surface area contributed by atoms with Crippen molar-refractivity contribution >= 4 is 11.4 Å². The van der Waals surface area contributed by atoms with Crippen LogP contribution in [0.15, 0.2) is 45.4 Å². The number of azo groups is 1. The molecule has 0 saturated heterocycles. The van der Waals surface area contributed by atoms with Crippen LogP contribution < -0.4 is 5.56 Å². The molecule has 0 amide bonds. The Kier molecular flexibility index (Phi) is 10.0. The molecular weight excluding hydrogens is 302 g/mol. The van der Waals surface area contributed by atoms with E-state index in [-0.39, 0.29) is 17.1 Å². The minimum Gasteiger partial charge on any atom is -0.494 e. The van der Waals surface area contributed by atoms with E-state index < -0.39 is 0 Å². The molecule has 5 heteroatoms. The van der Waals surface area contributed by atoms with Crippen LogP contribution in [0.25, 0.3) is 0 Å². The highest BCUT2D eigenvalue weighted by Crippen LogP contribution is 2.26. The Hall–Kier alpha value is -2.43. The van der Waals surface area contributed by atoms with Crippen molar-refractivity contribution in [1.82, 2.24) is 4.57 Å². The van der Waals surface area contributed by atoms with Crippen molar-refractivity contribution in [2.24, 2.45) is 10.2 Å². The van der Waals surface area contributed by atoms with Crippen LogP contribution in [0.2, 0.25) is 0 Å². The molecule has 0 spiro atoms. The average molecular weight is 331 g/mol. The second-order valence-electron chi connectivity index (χ2n) is 4.51. The molecule has 1 N–H and O–H groups in total. The lowest BCUT2D eigenvalue weighted by Crippen LogP contribution is -2.20. The molecule has 2 aromatic rings. The van der Waals surface area contributed by atoms with Crippen LogP contribution in [0.1, 0.15) is 45.7 Å². The van der Waals surface area contributed by atoms with Crippen molar-refractivity contribution in [3.63, 3.8) is 0 Å². The number of rotatable bonds is 3. The number of aromatic hydroxyl groups is 1. The summed E-state index contributed by atoms with van der Waals surface area (Å²) in [4.78, 5) is 12.3. The van der Waals surface area contributed by atoms with Gasteiger partial charge < -0.3 is 5.11 Å². The Labute approximate surface area is 144 Å². The van der Waals surface area contributed by atoms with Gasteiger partial charge in [0.05, 0.1) is 5.69 Å². The van der Waals surface area contributed by atoms with Gasteiger partial charge >= 0.3 is 0 Å². The van der Waals surface area contributed by atoms with Gasteiger partial charge in [-0.2, -0.15) is 5.11 Å². The van der Waals surface area contributed by atoms with Gasteiger partial charge in [0.1, 0.15) is 0 Å². The molecule has 0 radical (unpaired) electrons. The summed E-state index contributed by atoms with van der Waals surface area (Å²) in [5.74, 6) is -0.00587. The van der Waals surface area contributed by atoms with Crippen LogP contribution >= 0.6 is 0 Å². The minimum atomic E-state index is -0.326. The SMILES string of the molecule is CC.CC.CCn1c(O)c(C)c(C)c(N=Nc2ccccc2)c1=O. The van der Waals surface area contributed by atoms with Crippen LogP contribution in [0.5, 0.6) is 5.88 Å². The third-order valence-electron chi connectivity index (χ3n) is 3.29. The number of benzene rings is 1. The number of aromatic nitrogens is 1. The number of pyridine rings is 1. The second kappa shape index (κ2) is 11.2. The Morgan fingerprint density at radius 3 is 2.00 bits per heavy atom. The number of hydrogen-bond donors (Lipinski definition) is 1. The van der Waals surface area contributed by atoms with Gasteiger partial charge in [-0.25, -0.2) is 0 Å². The molecule has 132 valence electrons. The van der Waals surface area contributed by atoms with Gasteiger partial charge in [0, 0.05) is 12.1 Å². The molecule has 2 rings (SSSR count). The Morgan fingerprint density at radius 2 is 1.50 bits per heavy atom. The molecule has 0 fully saturated rings. The summed E-state index contributed by atoms with van der Waals surface area (Å²) in [6.45, 7) is 13.7. The quantitative estimate of drug-likeness (QED) is 0.737. The van der Waals surface area contributed by atoms with Gasteiger partial charge in [0.2, 0.25) is 0 Å². The fourth-order valence-electron chi connectivity index (χ4n) is 1.95. The molecule has 0 unspecified atom stereocenters. The Bertz CT molecular complexity index is 705. The molecule has 1 aromatic heterocycles. The predicted molar refractivity (Wildman–Crippen MR) is 101 cm³/mol. The van der Waals surface area contributed by atoms with E-state index in [9.17, 15) is 9.90 Å². The van der Waals surface area contributed by atoms with Crippen LogP contribution in [0.3, 0.4) is 0 Å². The highest BCUT2D eigenvalue weighted by Gasteiger charge is 2.15. The van der Waals surface area contributed by atoms with E-state index in [1.807, 2.05) is 58.0 Å². The third-order valence-corrected chi connectivity index (χ3v) is 3.29. The maximum Gasteiger partial charge on any atom is 0.281 e. The van der Waals surface area contributed by atoms with E-state index in [0.717, 1.165) is 0 Å². The summed E-state index contributed by atoms with van der Waals surface area (Å²) in [6, 6.07) is 9.22. The van der Waals surface area contributed by atoms with Crippen molar-refractivity contribution in [2.75, 3.05) is 0 Å². The normalized spacial score (nSPS) is 9.79. The molecule has 0 aliphatic rings. The molecule has 0 aliphatic heterocycles. The Balaban J connectivity index is 0.00000123. The lowest BCUT2D eigenvalue weighted by molar-refractivity contribution is 0.406. The fourth-order valence-corrected chi connectivity index (χ4v) is 1.95. The maximum absolute atomic E-state index is 12.3. The highest BCUT2D eigenvalue weighted by molar-refractivity contribution is 5.51. The fraction of sp³-hybridized carbons (Fsp3) is 0.421. The van der Waals surface area contributed by atoms with E-state index in [1.165, 1.54) is 4.57 Å². The van der Waals surface area contributed by atoms with E-state index in [2.05, 4.69) is 10.2 Å². The summed E-state index contributed by atoms with van der Waals surface area (Å²) < 4.78 is 1.29. The average Bonchev–Trinajstić information content (AvgIpc) is 2.64. The van der Waals surface area contributed by atoms with Crippen molar-refractivity contribution in [2.45, 2.75) is 55.0 Å². The zero-order valence-electron chi connectivity index (χ0n) is 15.8. The monoisotopic (exact) mass is 331 g/mol. The van der Waals surface area contributed by atoms with Crippen LogP contribution in [0, 0.1) is 13.8 Å². The molecule has 0 saturated carbocycles. The van der Waals surface area contributed by atoms with Gasteiger partial charge in [-0.1, -0.05) is 45.9 Å². The van der Waals surface area contributed by atoms with Gasteiger partial charge in [0.25, 0.3) is 5.56 Å². The van der Waals surface area contributed by atoms with Gasteiger partial charge in [-0.15, -0.1) is 5.11 Å². The van der Waals surface area contributed by atoms with E-state index in [1.54, 1.807) is 20.8 Å². The number of nitrogens with zero attached hydrogens (tertiary/aromatic N) is 3. The molecule has 0 bridgehead atoms. The topological polar surface area (TPSA) is 66.9 Å². The van der Waals surface area contributed by atoms with Crippen molar-refractivity contribution in [3.8, 4) is 5.88 Å². The van der Waals surface area contributed by atoms with Crippen molar-refractivity contribution in [3.05, 3.63) is 51.8 Å². The van der Waals surface area contributed by atoms with E-state index in [4.69, 9.17) is 0 Å². The van der Waals surface area contributed by atoms with Crippen molar-refractivity contribution < 1.29 is 5.11 Å². The summed E-state index contributed by atoms with van der Waals surface area (Å²) in [5.41, 5.74) is 1.92. The molecule has 1 aromatic carbocycles. The zero-order valence-corrected chi connectivity index (χ0v) is 15.8. The summed E-state index contributed by atoms with van der Waals surface area (Å²) in [5, 5.41) is 18.1. The first-order valence-corrected chi connectivity index (χ1v) is 8.46. The van der Waals surface area contributed by atoms with Crippen LogP contribution in [-0.4, -0.2) is 9.67 Å². The molecule has 0 atom stereocenters. The molecular formula is C19H29N3O2. The molecule has 5 nitrogen and oxygen atoms in total. The first-order chi connectivity index (χ1) is 11.6. The maximum atomic E-state index is 12.3. The van der Waals surface area contributed by atoms with Crippen LogP contribution in [-0.2, 0) is 6.54 Å². The molecule has 24 heavy (non-hydrogen) atoms. The standard InChI is InChI=1S/C15H17N3O2.2C2H6/c1-4-18-14(19)11(3)10(2)13(15(18)20)17-16-12-8-6-5-7-9-12;2*1-2/h5-9,19H,4H2,1-3H3;2*1-2H3. The van der Waals surface area contributed by atoms with Gasteiger partial charge in [-0.05, 0) is 38.5 Å². The predicted octanol–water partition coefficient (Wildman–Crippen LogP) is 5.66. The first-order valence-electron chi connectivity index (χ1n) is 8.46. The zero-order chi connectivity index (χ0) is 18.7. The number of hydrogen-bond acceptors (Lipinski definition) is 4. The summed E-state index contributed by atoms with van der Waals surface area (Å²) in [7, 11) is 0. The molecule has 1 heterocycles. The summed E-state index contributed by atoms with van der Waals surface area (Å²) in [6.07, 6.45) is 0. The minimum absolute atomic E-state index is 0.00587. The van der Waals surface area contributed by atoms with Gasteiger partial charge in [0.15, 0.2) is 11.6 Å². The van der Waals surface area contributed by atoms with Crippen molar-refractivity contribution in [1.29, 1.82) is 0 Å². The van der Waals surface area contributed by atoms with Crippen LogP contribution in [0.4, 0.5) is 11.4 Å². The smallest absolute Gasteiger partial charge is 0.281 e.